The van der Waals surface area contributed by atoms with Gasteiger partial charge in [0.2, 0.25) is 5.91 Å². The largest absolute Gasteiger partial charge is 0.356 e. The Morgan fingerprint density at radius 3 is 2.77 bits per heavy atom. The van der Waals surface area contributed by atoms with Gasteiger partial charge in [0, 0.05) is 37.7 Å². The van der Waals surface area contributed by atoms with Crippen LogP contribution in [-0.4, -0.2) is 41.5 Å². The van der Waals surface area contributed by atoms with Crippen LogP contribution in [0.4, 0.5) is 10.5 Å². The van der Waals surface area contributed by atoms with Crippen molar-refractivity contribution in [2.45, 2.75) is 26.7 Å². The molecule has 2 heterocycles. The quantitative estimate of drug-likeness (QED) is 0.894. The van der Waals surface area contributed by atoms with Crippen molar-refractivity contribution in [3.05, 3.63) is 24.5 Å². The van der Waals surface area contributed by atoms with Gasteiger partial charge in [0.1, 0.15) is 0 Å². The second kappa shape index (κ2) is 7.77. The fraction of sp³-hybridized carbons (Fsp3) is 0.562. The number of carbonyl (C=O) groups excluding carboxylic acids is 2. The maximum atomic E-state index is 12.3. The third-order valence-electron chi connectivity index (χ3n) is 3.70. The van der Waals surface area contributed by atoms with E-state index in [9.17, 15) is 9.59 Å². The Balaban J connectivity index is 1.87. The van der Waals surface area contributed by atoms with Crippen LogP contribution in [-0.2, 0) is 4.79 Å². The van der Waals surface area contributed by atoms with Gasteiger partial charge in [-0.25, -0.2) is 4.79 Å². The minimum absolute atomic E-state index is 0.0510. The SMILES string of the molecule is CC(C)CNC(=O)C1CCCN(C(=O)Nc2ccncc2)C1. The molecule has 1 aromatic heterocycles. The summed E-state index contributed by atoms with van der Waals surface area (Å²) in [5.41, 5.74) is 0.714. The first kappa shape index (κ1) is 16.3. The molecule has 0 saturated carbocycles. The average molecular weight is 304 g/mol. The van der Waals surface area contributed by atoms with Crippen LogP contribution in [0, 0.1) is 11.8 Å². The van der Waals surface area contributed by atoms with E-state index in [0.29, 0.717) is 31.2 Å². The van der Waals surface area contributed by atoms with Gasteiger partial charge in [0.15, 0.2) is 0 Å². The van der Waals surface area contributed by atoms with Crippen molar-refractivity contribution in [2.75, 3.05) is 25.0 Å². The fourth-order valence-corrected chi connectivity index (χ4v) is 2.46. The molecular weight excluding hydrogens is 280 g/mol. The van der Waals surface area contributed by atoms with Gasteiger partial charge in [0.25, 0.3) is 0 Å². The molecule has 0 aromatic carbocycles. The number of piperidine rings is 1. The Morgan fingerprint density at radius 1 is 1.36 bits per heavy atom. The van der Waals surface area contributed by atoms with Gasteiger partial charge in [-0.05, 0) is 30.9 Å². The molecule has 1 unspecified atom stereocenters. The van der Waals surface area contributed by atoms with Gasteiger partial charge in [0.05, 0.1) is 5.92 Å². The van der Waals surface area contributed by atoms with Crippen molar-refractivity contribution >= 4 is 17.6 Å². The van der Waals surface area contributed by atoms with E-state index < -0.39 is 0 Å². The molecule has 1 fully saturated rings. The smallest absolute Gasteiger partial charge is 0.321 e. The summed E-state index contributed by atoms with van der Waals surface area (Å²) in [5.74, 6) is 0.365. The number of hydrogen-bond acceptors (Lipinski definition) is 3. The number of nitrogens with one attached hydrogen (secondary N) is 2. The van der Waals surface area contributed by atoms with E-state index in [-0.39, 0.29) is 17.9 Å². The van der Waals surface area contributed by atoms with Gasteiger partial charge < -0.3 is 15.5 Å². The molecule has 6 nitrogen and oxygen atoms in total. The molecule has 6 heteroatoms. The lowest BCUT2D eigenvalue weighted by Crippen LogP contribution is -2.47. The first-order valence-corrected chi connectivity index (χ1v) is 7.80. The van der Waals surface area contributed by atoms with Crippen LogP contribution in [0.1, 0.15) is 26.7 Å². The Morgan fingerprint density at radius 2 is 2.09 bits per heavy atom. The molecule has 1 atom stereocenters. The first-order valence-electron chi connectivity index (χ1n) is 7.80. The maximum absolute atomic E-state index is 12.3. The first-order chi connectivity index (χ1) is 10.6. The molecule has 0 bridgehead atoms. The second-order valence-corrected chi connectivity index (χ2v) is 6.09. The van der Waals surface area contributed by atoms with E-state index in [0.717, 1.165) is 12.8 Å². The number of nitrogens with zero attached hydrogens (tertiary/aromatic N) is 2. The van der Waals surface area contributed by atoms with E-state index in [1.807, 2.05) is 0 Å². The molecule has 120 valence electrons. The Labute approximate surface area is 131 Å². The highest BCUT2D eigenvalue weighted by molar-refractivity contribution is 5.90. The summed E-state index contributed by atoms with van der Waals surface area (Å²) in [5, 5.41) is 5.79. The van der Waals surface area contributed by atoms with Crippen LogP contribution < -0.4 is 10.6 Å². The van der Waals surface area contributed by atoms with Crippen LogP contribution in [0.2, 0.25) is 0 Å². The number of hydrogen-bond donors (Lipinski definition) is 2. The molecule has 1 saturated heterocycles. The predicted octanol–water partition coefficient (Wildman–Crippen LogP) is 2.10. The van der Waals surface area contributed by atoms with Gasteiger partial charge in [-0.1, -0.05) is 13.8 Å². The number of likely N-dealkylation sites (tertiary alicyclic amines) is 1. The third-order valence-corrected chi connectivity index (χ3v) is 3.70. The van der Waals surface area contributed by atoms with Gasteiger partial charge in [-0.15, -0.1) is 0 Å². The Hall–Kier alpha value is -2.11. The number of rotatable bonds is 4. The van der Waals surface area contributed by atoms with Crippen LogP contribution >= 0.6 is 0 Å². The molecular formula is C16H24N4O2. The van der Waals surface area contributed by atoms with E-state index >= 15 is 0 Å². The molecule has 2 N–H and O–H groups in total. The zero-order chi connectivity index (χ0) is 15.9. The number of anilines is 1. The zero-order valence-electron chi connectivity index (χ0n) is 13.2. The second-order valence-electron chi connectivity index (χ2n) is 6.09. The lowest BCUT2D eigenvalue weighted by Gasteiger charge is -2.32. The molecule has 1 aromatic rings. The van der Waals surface area contributed by atoms with Crippen molar-refractivity contribution in [2.24, 2.45) is 11.8 Å². The molecule has 1 aliphatic heterocycles. The fourth-order valence-electron chi connectivity index (χ4n) is 2.46. The summed E-state index contributed by atoms with van der Waals surface area (Å²) in [6.07, 6.45) is 4.95. The number of pyridine rings is 1. The van der Waals surface area contributed by atoms with Crippen LogP contribution in [0.3, 0.4) is 0 Å². The minimum atomic E-state index is -0.160. The highest BCUT2D eigenvalue weighted by atomic mass is 16.2. The molecule has 22 heavy (non-hydrogen) atoms. The van der Waals surface area contributed by atoms with Crippen LogP contribution in [0.5, 0.6) is 0 Å². The lowest BCUT2D eigenvalue weighted by molar-refractivity contribution is -0.126. The lowest BCUT2D eigenvalue weighted by atomic mass is 9.97. The number of aromatic nitrogens is 1. The van der Waals surface area contributed by atoms with Gasteiger partial charge in [-0.2, -0.15) is 0 Å². The van der Waals surface area contributed by atoms with E-state index in [4.69, 9.17) is 0 Å². The molecule has 2 rings (SSSR count). The number of carbonyl (C=O) groups is 2. The summed E-state index contributed by atoms with van der Waals surface area (Å²) in [4.78, 5) is 30.0. The van der Waals surface area contributed by atoms with Gasteiger partial charge >= 0.3 is 6.03 Å². The monoisotopic (exact) mass is 304 g/mol. The molecule has 3 amide bonds. The summed E-state index contributed by atoms with van der Waals surface area (Å²) < 4.78 is 0. The molecule has 0 aliphatic carbocycles. The topological polar surface area (TPSA) is 74.3 Å². The van der Waals surface area contributed by atoms with Crippen molar-refractivity contribution in [3.63, 3.8) is 0 Å². The van der Waals surface area contributed by atoms with Gasteiger partial charge in [-0.3, -0.25) is 9.78 Å². The summed E-state index contributed by atoms with van der Waals surface area (Å²) in [7, 11) is 0. The highest BCUT2D eigenvalue weighted by Crippen LogP contribution is 2.18. The normalized spacial score (nSPS) is 18.1. The average Bonchev–Trinajstić information content (AvgIpc) is 2.53. The highest BCUT2D eigenvalue weighted by Gasteiger charge is 2.28. The van der Waals surface area contributed by atoms with Crippen LogP contribution in [0.25, 0.3) is 0 Å². The van der Waals surface area contributed by atoms with Crippen molar-refractivity contribution in [1.29, 1.82) is 0 Å². The Kier molecular flexibility index (Phi) is 5.75. The summed E-state index contributed by atoms with van der Waals surface area (Å²) >= 11 is 0. The van der Waals surface area contributed by atoms with Crippen LogP contribution in [0.15, 0.2) is 24.5 Å². The summed E-state index contributed by atoms with van der Waals surface area (Å²) in [6.45, 7) is 5.97. The third kappa shape index (κ3) is 4.72. The van der Waals surface area contributed by atoms with Crippen molar-refractivity contribution in [3.8, 4) is 0 Å². The van der Waals surface area contributed by atoms with E-state index in [1.165, 1.54) is 0 Å². The minimum Gasteiger partial charge on any atom is -0.356 e. The predicted molar refractivity (Wildman–Crippen MR) is 85.4 cm³/mol. The zero-order valence-corrected chi connectivity index (χ0v) is 13.2. The van der Waals surface area contributed by atoms with E-state index in [1.54, 1.807) is 29.4 Å². The standard InChI is InChI=1S/C16H24N4O2/c1-12(2)10-18-15(21)13-4-3-9-20(11-13)16(22)19-14-5-7-17-8-6-14/h5-8,12-13H,3-4,9-11H2,1-2H3,(H,18,21)(H,17,19,22). The molecule has 0 spiro atoms. The molecule has 0 radical (unpaired) electrons. The summed E-state index contributed by atoms with van der Waals surface area (Å²) in [6, 6.07) is 3.33. The number of urea groups is 1. The maximum Gasteiger partial charge on any atom is 0.321 e. The van der Waals surface area contributed by atoms with E-state index in [2.05, 4.69) is 29.5 Å². The van der Waals surface area contributed by atoms with Crippen molar-refractivity contribution < 1.29 is 9.59 Å². The molecule has 1 aliphatic rings. The number of amides is 3. The van der Waals surface area contributed by atoms with Crippen molar-refractivity contribution in [1.82, 2.24) is 15.2 Å². The Bertz CT molecular complexity index is 504.